The van der Waals surface area contributed by atoms with Crippen molar-refractivity contribution in [1.29, 1.82) is 0 Å². The summed E-state index contributed by atoms with van der Waals surface area (Å²) in [6.45, 7) is 4.47. The molecular formula is C23H24N4O. The van der Waals surface area contributed by atoms with Gasteiger partial charge in [-0.05, 0) is 30.5 Å². The van der Waals surface area contributed by atoms with Crippen molar-refractivity contribution in [3.8, 4) is 11.1 Å². The Kier molecular flexibility index (Phi) is 5.08. The van der Waals surface area contributed by atoms with E-state index < -0.39 is 0 Å². The zero-order valence-electron chi connectivity index (χ0n) is 16.1. The van der Waals surface area contributed by atoms with E-state index in [1.807, 2.05) is 19.9 Å². The Morgan fingerprint density at radius 1 is 1.07 bits per heavy atom. The number of aromatic nitrogens is 2. The van der Waals surface area contributed by atoms with E-state index in [4.69, 9.17) is 10.6 Å². The highest BCUT2D eigenvalue weighted by Crippen LogP contribution is 2.38. The van der Waals surface area contributed by atoms with Gasteiger partial charge in [0, 0.05) is 17.9 Å². The van der Waals surface area contributed by atoms with Gasteiger partial charge < -0.3 is 5.73 Å². The zero-order valence-corrected chi connectivity index (χ0v) is 16.1. The molecule has 1 unspecified atom stereocenters. The summed E-state index contributed by atoms with van der Waals surface area (Å²) in [4.78, 5) is 14.4. The van der Waals surface area contributed by atoms with Crippen molar-refractivity contribution >= 4 is 11.6 Å². The van der Waals surface area contributed by atoms with Crippen molar-refractivity contribution in [3.63, 3.8) is 0 Å². The average molecular weight is 372 g/mol. The maximum Gasteiger partial charge on any atom is 0.220 e. The first-order valence-electron chi connectivity index (χ1n) is 9.54. The van der Waals surface area contributed by atoms with E-state index in [0.717, 1.165) is 29.1 Å². The standard InChI is InChI=1S/C23H24N4O/c1-3-28-27-21-14-17(13-20-22(21)15(2)25-23(24)26-20)19-12-8-7-11-18(19)16-9-5-4-6-10-16/h4-12,14,17,27H,3,13H2,1-2H3,(H2,24,25,26). The SMILES string of the molecule is CCONC1=CC(c2ccccc2-c2ccccc2)Cc2nc(N)nc(C)c21. The molecular weight excluding hydrogens is 348 g/mol. The highest BCUT2D eigenvalue weighted by molar-refractivity contribution is 5.74. The third kappa shape index (κ3) is 3.49. The summed E-state index contributed by atoms with van der Waals surface area (Å²) in [5, 5.41) is 0. The van der Waals surface area contributed by atoms with Crippen LogP contribution in [0.1, 0.15) is 35.4 Å². The summed E-state index contributed by atoms with van der Waals surface area (Å²) >= 11 is 0. The first kappa shape index (κ1) is 18.2. The molecule has 0 spiro atoms. The van der Waals surface area contributed by atoms with Crippen molar-refractivity contribution in [2.75, 3.05) is 12.3 Å². The second kappa shape index (κ2) is 7.82. The number of hydrogen-bond donors (Lipinski definition) is 2. The quantitative estimate of drug-likeness (QED) is 0.655. The van der Waals surface area contributed by atoms with E-state index in [1.165, 1.54) is 16.7 Å². The lowest BCUT2D eigenvalue weighted by Gasteiger charge is -2.26. The molecule has 142 valence electrons. The first-order valence-corrected chi connectivity index (χ1v) is 9.54. The minimum atomic E-state index is 0.153. The summed E-state index contributed by atoms with van der Waals surface area (Å²) in [6, 6.07) is 19.0. The van der Waals surface area contributed by atoms with Crippen LogP contribution < -0.4 is 11.2 Å². The number of nitrogens with two attached hydrogens (primary N) is 1. The Hall–Kier alpha value is -3.18. The van der Waals surface area contributed by atoms with Gasteiger partial charge in [0.05, 0.1) is 23.7 Å². The monoisotopic (exact) mass is 372 g/mol. The second-order valence-corrected chi connectivity index (χ2v) is 6.87. The fourth-order valence-electron chi connectivity index (χ4n) is 3.84. The molecule has 0 saturated heterocycles. The second-order valence-electron chi connectivity index (χ2n) is 6.87. The van der Waals surface area contributed by atoms with Crippen LogP contribution in [0.2, 0.25) is 0 Å². The smallest absolute Gasteiger partial charge is 0.220 e. The summed E-state index contributed by atoms with van der Waals surface area (Å²) in [7, 11) is 0. The number of nitrogens with one attached hydrogen (secondary N) is 1. The predicted octanol–water partition coefficient (Wildman–Crippen LogP) is 4.26. The van der Waals surface area contributed by atoms with Gasteiger partial charge in [0.1, 0.15) is 0 Å². The van der Waals surface area contributed by atoms with Crippen LogP contribution in [-0.2, 0) is 11.3 Å². The van der Waals surface area contributed by atoms with E-state index in [9.17, 15) is 0 Å². The lowest BCUT2D eigenvalue weighted by Crippen LogP contribution is -2.22. The highest BCUT2D eigenvalue weighted by Gasteiger charge is 2.26. The molecule has 0 aliphatic heterocycles. The van der Waals surface area contributed by atoms with Gasteiger partial charge in [0.25, 0.3) is 0 Å². The van der Waals surface area contributed by atoms with E-state index in [0.29, 0.717) is 12.6 Å². The van der Waals surface area contributed by atoms with Gasteiger partial charge in [-0.2, -0.15) is 0 Å². The zero-order chi connectivity index (χ0) is 19.5. The lowest BCUT2D eigenvalue weighted by molar-refractivity contribution is 0.0894. The minimum Gasteiger partial charge on any atom is -0.368 e. The molecule has 0 amide bonds. The number of allylic oxidation sites excluding steroid dienone is 1. The number of rotatable bonds is 5. The van der Waals surface area contributed by atoms with Gasteiger partial charge in [-0.15, -0.1) is 0 Å². The summed E-state index contributed by atoms with van der Waals surface area (Å²) < 4.78 is 0. The molecule has 28 heavy (non-hydrogen) atoms. The molecule has 1 aromatic heterocycles. The molecule has 4 rings (SSSR count). The number of aryl methyl sites for hydroxylation is 1. The van der Waals surface area contributed by atoms with E-state index >= 15 is 0 Å². The van der Waals surface area contributed by atoms with Crippen molar-refractivity contribution in [2.24, 2.45) is 0 Å². The van der Waals surface area contributed by atoms with Crippen LogP contribution in [-0.4, -0.2) is 16.6 Å². The van der Waals surface area contributed by atoms with E-state index in [-0.39, 0.29) is 5.92 Å². The fourth-order valence-corrected chi connectivity index (χ4v) is 3.84. The third-order valence-corrected chi connectivity index (χ3v) is 5.00. The fraction of sp³-hybridized carbons (Fsp3) is 0.217. The Labute approximate surface area is 165 Å². The average Bonchev–Trinajstić information content (AvgIpc) is 2.72. The van der Waals surface area contributed by atoms with Crippen molar-refractivity contribution in [2.45, 2.75) is 26.2 Å². The molecule has 2 aromatic carbocycles. The molecule has 0 saturated carbocycles. The number of hydrogen-bond acceptors (Lipinski definition) is 5. The van der Waals surface area contributed by atoms with Crippen LogP contribution in [0.25, 0.3) is 16.8 Å². The molecule has 1 heterocycles. The van der Waals surface area contributed by atoms with Crippen molar-refractivity contribution in [1.82, 2.24) is 15.4 Å². The van der Waals surface area contributed by atoms with Crippen LogP contribution in [0, 0.1) is 6.92 Å². The molecule has 1 atom stereocenters. The van der Waals surface area contributed by atoms with Crippen LogP contribution in [0.3, 0.4) is 0 Å². The number of benzene rings is 2. The topological polar surface area (TPSA) is 73.1 Å². The Morgan fingerprint density at radius 3 is 2.61 bits per heavy atom. The van der Waals surface area contributed by atoms with Crippen LogP contribution in [0.4, 0.5) is 5.95 Å². The molecule has 0 radical (unpaired) electrons. The van der Waals surface area contributed by atoms with Gasteiger partial charge in [-0.3, -0.25) is 10.3 Å². The van der Waals surface area contributed by atoms with E-state index in [1.54, 1.807) is 0 Å². The Balaban J connectivity index is 1.82. The summed E-state index contributed by atoms with van der Waals surface area (Å²) in [5.41, 5.74) is 16.4. The molecule has 5 heteroatoms. The number of anilines is 1. The molecule has 0 fully saturated rings. The maximum atomic E-state index is 5.94. The normalized spacial score (nSPS) is 15.6. The Bertz CT molecular complexity index is 1010. The number of nitrogens with zero attached hydrogens (tertiary/aromatic N) is 2. The van der Waals surface area contributed by atoms with Gasteiger partial charge in [-0.25, -0.2) is 9.97 Å². The van der Waals surface area contributed by atoms with Gasteiger partial charge in [-0.1, -0.05) is 60.7 Å². The molecule has 1 aliphatic rings. The van der Waals surface area contributed by atoms with Gasteiger partial charge >= 0.3 is 0 Å². The molecule has 0 bridgehead atoms. The summed E-state index contributed by atoms with van der Waals surface area (Å²) in [5.74, 6) is 0.463. The van der Waals surface area contributed by atoms with Gasteiger partial charge in [0.2, 0.25) is 5.95 Å². The lowest BCUT2D eigenvalue weighted by atomic mass is 9.82. The molecule has 1 aliphatic carbocycles. The first-order chi connectivity index (χ1) is 13.7. The Morgan fingerprint density at radius 2 is 1.82 bits per heavy atom. The maximum absolute atomic E-state index is 5.94. The van der Waals surface area contributed by atoms with Gasteiger partial charge in [0.15, 0.2) is 0 Å². The number of nitrogen functional groups attached to an aromatic ring is 1. The third-order valence-electron chi connectivity index (χ3n) is 5.00. The molecule has 5 nitrogen and oxygen atoms in total. The van der Waals surface area contributed by atoms with E-state index in [2.05, 4.69) is 70.1 Å². The minimum absolute atomic E-state index is 0.153. The number of fused-ring (bicyclic) bond motifs is 1. The van der Waals surface area contributed by atoms with Crippen LogP contribution in [0.5, 0.6) is 0 Å². The highest BCUT2D eigenvalue weighted by atomic mass is 16.6. The van der Waals surface area contributed by atoms with Crippen molar-refractivity contribution in [3.05, 3.63) is 83.2 Å². The van der Waals surface area contributed by atoms with Crippen molar-refractivity contribution < 1.29 is 4.84 Å². The predicted molar refractivity (Wildman–Crippen MR) is 112 cm³/mol. The summed E-state index contributed by atoms with van der Waals surface area (Å²) in [6.07, 6.45) is 2.98. The molecule has 3 aromatic rings. The van der Waals surface area contributed by atoms with Crippen LogP contribution >= 0.6 is 0 Å². The van der Waals surface area contributed by atoms with Crippen LogP contribution in [0.15, 0.2) is 60.7 Å². The molecule has 3 N–H and O–H groups in total. The number of hydroxylamine groups is 1. The largest absolute Gasteiger partial charge is 0.368 e.